The van der Waals surface area contributed by atoms with Crippen LogP contribution in [-0.4, -0.2) is 9.91 Å². The Bertz CT molecular complexity index is 590. The van der Waals surface area contributed by atoms with E-state index in [2.05, 4.69) is 26.2 Å². The lowest BCUT2D eigenvalue weighted by molar-refractivity contribution is -0.384. The van der Waals surface area contributed by atoms with E-state index in [1.807, 2.05) is 19.1 Å². The third-order valence-electron chi connectivity index (χ3n) is 2.71. The van der Waals surface area contributed by atoms with Crippen molar-refractivity contribution in [2.75, 3.05) is 5.32 Å². The first-order chi connectivity index (χ1) is 9.08. The number of hydrogen-bond donors (Lipinski definition) is 1. The predicted octanol–water partition coefficient (Wildman–Crippen LogP) is 3.93. The number of nitrogens with one attached hydrogen (secondary N) is 1. The first-order valence-electron chi connectivity index (χ1n) is 5.68. The molecule has 2 aromatic rings. The zero-order chi connectivity index (χ0) is 13.8. The SMILES string of the molecule is CC(Nc1cc(Br)ccc1[N+](=O)[O-])c1cccnc1. The second-order valence-electron chi connectivity index (χ2n) is 4.07. The van der Waals surface area contributed by atoms with Crippen molar-refractivity contribution in [2.45, 2.75) is 13.0 Å². The molecular formula is C13H12BrN3O2. The molecule has 0 saturated carbocycles. The van der Waals surface area contributed by atoms with Gasteiger partial charge in [-0.05, 0) is 30.7 Å². The number of aromatic nitrogens is 1. The molecule has 0 aliphatic heterocycles. The molecule has 0 radical (unpaired) electrons. The molecule has 0 bridgehead atoms. The molecule has 98 valence electrons. The van der Waals surface area contributed by atoms with Gasteiger partial charge in [0.25, 0.3) is 5.69 Å². The van der Waals surface area contributed by atoms with Gasteiger partial charge in [0.1, 0.15) is 5.69 Å². The third kappa shape index (κ3) is 3.29. The van der Waals surface area contributed by atoms with Crippen LogP contribution in [0.1, 0.15) is 18.5 Å². The topological polar surface area (TPSA) is 68.1 Å². The summed E-state index contributed by atoms with van der Waals surface area (Å²) in [4.78, 5) is 14.6. The van der Waals surface area contributed by atoms with Crippen LogP contribution < -0.4 is 5.32 Å². The van der Waals surface area contributed by atoms with Crippen LogP contribution in [0.5, 0.6) is 0 Å². The van der Waals surface area contributed by atoms with E-state index in [-0.39, 0.29) is 11.7 Å². The van der Waals surface area contributed by atoms with Crippen molar-refractivity contribution in [3.8, 4) is 0 Å². The van der Waals surface area contributed by atoms with Gasteiger partial charge in [-0.3, -0.25) is 15.1 Å². The molecule has 5 nitrogen and oxygen atoms in total. The summed E-state index contributed by atoms with van der Waals surface area (Å²) in [6.45, 7) is 1.93. The fourth-order valence-electron chi connectivity index (χ4n) is 1.73. The van der Waals surface area contributed by atoms with Crippen LogP contribution in [0.3, 0.4) is 0 Å². The normalized spacial score (nSPS) is 11.9. The van der Waals surface area contributed by atoms with Crippen molar-refractivity contribution in [2.24, 2.45) is 0 Å². The summed E-state index contributed by atoms with van der Waals surface area (Å²) in [6.07, 6.45) is 3.43. The standard InChI is InChI=1S/C13H12BrN3O2/c1-9(10-3-2-6-15-8-10)16-12-7-11(14)4-5-13(12)17(18)19/h2-9,16H,1H3. The summed E-state index contributed by atoms with van der Waals surface area (Å²) in [5.74, 6) is 0. The average molecular weight is 322 g/mol. The molecule has 1 unspecified atom stereocenters. The van der Waals surface area contributed by atoms with Gasteiger partial charge in [-0.1, -0.05) is 22.0 Å². The molecule has 6 heteroatoms. The summed E-state index contributed by atoms with van der Waals surface area (Å²) in [5, 5.41) is 14.1. The maximum absolute atomic E-state index is 11.0. The van der Waals surface area contributed by atoms with Gasteiger partial charge in [-0.25, -0.2) is 0 Å². The van der Waals surface area contributed by atoms with Crippen molar-refractivity contribution < 1.29 is 4.92 Å². The molecule has 0 spiro atoms. The molecule has 1 N–H and O–H groups in total. The lowest BCUT2D eigenvalue weighted by atomic mass is 10.1. The predicted molar refractivity (Wildman–Crippen MR) is 77.1 cm³/mol. The molecule has 0 amide bonds. The second kappa shape index (κ2) is 5.79. The number of halogens is 1. The van der Waals surface area contributed by atoms with Gasteiger partial charge in [-0.15, -0.1) is 0 Å². The van der Waals surface area contributed by atoms with Crippen molar-refractivity contribution in [3.05, 3.63) is 62.9 Å². The van der Waals surface area contributed by atoms with Crippen molar-refractivity contribution in [3.63, 3.8) is 0 Å². The number of anilines is 1. The van der Waals surface area contributed by atoms with Crippen LogP contribution in [0, 0.1) is 10.1 Å². The number of rotatable bonds is 4. The molecule has 1 atom stereocenters. The van der Waals surface area contributed by atoms with E-state index in [1.165, 1.54) is 6.07 Å². The lowest BCUT2D eigenvalue weighted by Gasteiger charge is -2.15. The van der Waals surface area contributed by atoms with Crippen LogP contribution in [0.15, 0.2) is 47.2 Å². The van der Waals surface area contributed by atoms with E-state index < -0.39 is 4.92 Å². The number of nitrogens with zero attached hydrogens (tertiary/aromatic N) is 2. The summed E-state index contributed by atoms with van der Waals surface area (Å²) in [7, 11) is 0. The Morgan fingerprint density at radius 1 is 1.42 bits per heavy atom. The molecule has 1 aromatic carbocycles. The van der Waals surface area contributed by atoms with Crippen LogP contribution in [0.25, 0.3) is 0 Å². The number of pyridine rings is 1. The van der Waals surface area contributed by atoms with Gasteiger partial charge < -0.3 is 5.32 Å². The molecule has 2 rings (SSSR count). The Morgan fingerprint density at radius 2 is 2.21 bits per heavy atom. The monoisotopic (exact) mass is 321 g/mol. The third-order valence-corrected chi connectivity index (χ3v) is 3.20. The lowest BCUT2D eigenvalue weighted by Crippen LogP contribution is -2.08. The first-order valence-corrected chi connectivity index (χ1v) is 6.47. The van der Waals surface area contributed by atoms with Gasteiger partial charge in [-0.2, -0.15) is 0 Å². The Labute approximate surface area is 119 Å². The molecule has 0 aliphatic carbocycles. The molecule has 0 saturated heterocycles. The van der Waals surface area contributed by atoms with Crippen LogP contribution in [-0.2, 0) is 0 Å². The van der Waals surface area contributed by atoms with E-state index in [9.17, 15) is 10.1 Å². The van der Waals surface area contributed by atoms with E-state index >= 15 is 0 Å². The Hall–Kier alpha value is -1.95. The molecule has 0 fully saturated rings. The van der Waals surface area contributed by atoms with Gasteiger partial charge in [0.15, 0.2) is 0 Å². The molecule has 19 heavy (non-hydrogen) atoms. The van der Waals surface area contributed by atoms with Crippen LogP contribution in [0.4, 0.5) is 11.4 Å². The zero-order valence-corrected chi connectivity index (χ0v) is 11.8. The van der Waals surface area contributed by atoms with E-state index in [0.717, 1.165) is 10.0 Å². The highest BCUT2D eigenvalue weighted by Crippen LogP contribution is 2.30. The Kier molecular flexibility index (Phi) is 4.11. The fraction of sp³-hybridized carbons (Fsp3) is 0.154. The van der Waals surface area contributed by atoms with Crippen molar-refractivity contribution in [1.29, 1.82) is 0 Å². The summed E-state index contributed by atoms with van der Waals surface area (Å²) < 4.78 is 0.791. The number of nitro groups is 1. The van der Waals surface area contributed by atoms with E-state index in [0.29, 0.717) is 5.69 Å². The molecule has 0 aliphatic rings. The molecule has 1 heterocycles. The van der Waals surface area contributed by atoms with Gasteiger partial charge >= 0.3 is 0 Å². The largest absolute Gasteiger partial charge is 0.373 e. The Morgan fingerprint density at radius 3 is 2.84 bits per heavy atom. The number of hydrogen-bond acceptors (Lipinski definition) is 4. The van der Waals surface area contributed by atoms with Crippen LogP contribution >= 0.6 is 15.9 Å². The zero-order valence-electron chi connectivity index (χ0n) is 10.2. The molecular weight excluding hydrogens is 310 g/mol. The van der Waals surface area contributed by atoms with Gasteiger partial charge in [0, 0.05) is 22.9 Å². The highest BCUT2D eigenvalue weighted by atomic mass is 79.9. The summed E-state index contributed by atoms with van der Waals surface area (Å²) >= 11 is 3.32. The minimum absolute atomic E-state index is 0.0546. The quantitative estimate of drug-likeness (QED) is 0.684. The number of benzene rings is 1. The second-order valence-corrected chi connectivity index (χ2v) is 4.99. The molecule has 1 aromatic heterocycles. The van der Waals surface area contributed by atoms with Crippen LogP contribution in [0.2, 0.25) is 0 Å². The highest BCUT2D eigenvalue weighted by Gasteiger charge is 2.16. The minimum Gasteiger partial charge on any atom is -0.373 e. The first kappa shape index (κ1) is 13.5. The average Bonchev–Trinajstić information content (AvgIpc) is 2.39. The van der Waals surface area contributed by atoms with Crippen molar-refractivity contribution >= 4 is 27.3 Å². The summed E-state index contributed by atoms with van der Waals surface area (Å²) in [6, 6.07) is 8.52. The van der Waals surface area contributed by atoms with E-state index in [1.54, 1.807) is 24.5 Å². The van der Waals surface area contributed by atoms with Crippen molar-refractivity contribution in [1.82, 2.24) is 4.98 Å². The Balaban J connectivity index is 2.28. The highest BCUT2D eigenvalue weighted by molar-refractivity contribution is 9.10. The van der Waals surface area contributed by atoms with E-state index in [4.69, 9.17) is 0 Å². The maximum atomic E-state index is 11.0. The fourth-order valence-corrected chi connectivity index (χ4v) is 2.09. The summed E-state index contributed by atoms with van der Waals surface area (Å²) in [5.41, 5.74) is 1.51. The van der Waals surface area contributed by atoms with Gasteiger partial charge in [0.05, 0.1) is 11.0 Å². The smallest absolute Gasteiger partial charge is 0.292 e. The minimum atomic E-state index is -0.398. The number of nitro benzene ring substituents is 1. The maximum Gasteiger partial charge on any atom is 0.292 e. The van der Waals surface area contributed by atoms with Gasteiger partial charge in [0.2, 0.25) is 0 Å².